The Morgan fingerprint density at radius 2 is 1.68 bits per heavy atom. The van der Waals surface area contributed by atoms with E-state index in [4.69, 9.17) is 16.3 Å². The fraction of sp³-hybridized carbons (Fsp3) is 0.370. The number of fused-ring (bicyclic) bond motifs is 1. The number of hydrogen-bond donors (Lipinski definition) is 1. The predicted octanol–water partition coefficient (Wildman–Crippen LogP) is 7.51. The van der Waals surface area contributed by atoms with Crippen molar-refractivity contribution in [3.63, 3.8) is 0 Å². The summed E-state index contributed by atoms with van der Waals surface area (Å²) in [5.41, 5.74) is 1.16. The first-order valence-corrected chi connectivity index (χ1v) is 11.7. The molecule has 0 radical (unpaired) electrons. The molecule has 3 aromatic carbocycles. The first kappa shape index (κ1) is 21.7. The van der Waals surface area contributed by atoms with Gasteiger partial charge < -0.3 is 10.1 Å². The van der Waals surface area contributed by atoms with Crippen molar-refractivity contribution in [3.8, 4) is 5.75 Å². The summed E-state index contributed by atoms with van der Waals surface area (Å²) in [6.07, 6.45) is 5.92. The van der Waals surface area contributed by atoms with Gasteiger partial charge >= 0.3 is 0 Å². The summed E-state index contributed by atoms with van der Waals surface area (Å²) in [7, 11) is 0. The van der Waals surface area contributed by atoms with Gasteiger partial charge in [0.05, 0.1) is 11.5 Å². The maximum atomic E-state index is 13.8. The number of halogens is 1. The molecule has 0 heterocycles. The second-order valence-electron chi connectivity index (χ2n) is 8.57. The van der Waals surface area contributed by atoms with Gasteiger partial charge in [-0.2, -0.15) is 0 Å². The van der Waals surface area contributed by atoms with Crippen LogP contribution in [0.5, 0.6) is 5.75 Å². The average molecular weight is 436 g/mol. The first-order valence-electron chi connectivity index (χ1n) is 11.3. The van der Waals surface area contributed by atoms with Gasteiger partial charge in [-0.25, -0.2) is 0 Å². The van der Waals surface area contributed by atoms with Crippen LogP contribution < -0.4 is 10.1 Å². The van der Waals surface area contributed by atoms with Gasteiger partial charge in [-0.05, 0) is 49.9 Å². The highest BCUT2D eigenvalue weighted by Gasteiger charge is 2.42. The van der Waals surface area contributed by atoms with Crippen LogP contribution in [0.25, 0.3) is 10.8 Å². The molecule has 1 N–H and O–H groups in total. The van der Waals surface area contributed by atoms with E-state index in [9.17, 15) is 4.79 Å². The first-order chi connectivity index (χ1) is 15.0. The Bertz CT molecular complexity index is 1070. The van der Waals surface area contributed by atoms with Crippen LogP contribution in [0.2, 0.25) is 5.02 Å². The SMILES string of the molecule is CC[C@@H](C)Oc1ccc(NC(=O)C2(c3ccccc3Cl)CCCCC2)c2ccccc12. The molecular formula is C27H30ClNO2. The molecule has 162 valence electrons. The fourth-order valence-electron chi connectivity index (χ4n) is 4.65. The van der Waals surface area contributed by atoms with E-state index < -0.39 is 5.41 Å². The molecule has 31 heavy (non-hydrogen) atoms. The maximum Gasteiger partial charge on any atom is 0.235 e. The number of benzene rings is 3. The van der Waals surface area contributed by atoms with E-state index in [1.165, 1.54) is 0 Å². The third-order valence-electron chi connectivity index (χ3n) is 6.57. The van der Waals surface area contributed by atoms with Gasteiger partial charge in [-0.15, -0.1) is 0 Å². The lowest BCUT2D eigenvalue weighted by atomic mass is 9.68. The molecule has 1 saturated carbocycles. The number of rotatable bonds is 6. The van der Waals surface area contributed by atoms with Crippen LogP contribution in [0, 0.1) is 0 Å². The number of ether oxygens (including phenoxy) is 1. The Balaban J connectivity index is 1.72. The number of amides is 1. The highest BCUT2D eigenvalue weighted by Crippen LogP contribution is 2.44. The monoisotopic (exact) mass is 435 g/mol. The largest absolute Gasteiger partial charge is 0.490 e. The highest BCUT2D eigenvalue weighted by molar-refractivity contribution is 6.32. The van der Waals surface area contributed by atoms with Gasteiger partial charge in [0.1, 0.15) is 5.75 Å². The van der Waals surface area contributed by atoms with Crippen molar-refractivity contribution in [1.29, 1.82) is 0 Å². The van der Waals surface area contributed by atoms with E-state index in [2.05, 4.69) is 19.2 Å². The molecule has 0 spiro atoms. The average Bonchev–Trinajstić information content (AvgIpc) is 2.81. The van der Waals surface area contributed by atoms with Crippen molar-refractivity contribution in [2.75, 3.05) is 5.32 Å². The summed E-state index contributed by atoms with van der Waals surface area (Å²) in [6, 6.07) is 19.8. The topological polar surface area (TPSA) is 38.3 Å². The van der Waals surface area contributed by atoms with Crippen LogP contribution in [0.15, 0.2) is 60.7 Å². The predicted molar refractivity (Wildman–Crippen MR) is 129 cm³/mol. The van der Waals surface area contributed by atoms with E-state index in [1.54, 1.807) is 0 Å². The molecule has 0 unspecified atom stereocenters. The summed E-state index contributed by atoms with van der Waals surface area (Å²) in [6.45, 7) is 4.18. The van der Waals surface area contributed by atoms with Crippen molar-refractivity contribution in [2.24, 2.45) is 0 Å². The van der Waals surface area contributed by atoms with Crippen molar-refractivity contribution in [2.45, 2.75) is 63.9 Å². The molecule has 0 saturated heterocycles. The van der Waals surface area contributed by atoms with Crippen LogP contribution in [0.4, 0.5) is 5.69 Å². The minimum Gasteiger partial charge on any atom is -0.490 e. The lowest BCUT2D eigenvalue weighted by molar-refractivity contribution is -0.122. The molecule has 0 bridgehead atoms. The molecule has 1 aliphatic rings. The van der Waals surface area contributed by atoms with Crippen LogP contribution in [0.3, 0.4) is 0 Å². The molecule has 1 atom stereocenters. The normalized spacial score (nSPS) is 16.6. The number of hydrogen-bond acceptors (Lipinski definition) is 2. The fourth-order valence-corrected chi connectivity index (χ4v) is 4.97. The van der Waals surface area contributed by atoms with Crippen molar-refractivity contribution in [1.82, 2.24) is 0 Å². The second kappa shape index (κ2) is 9.32. The van der Waals surface area contributed by atoms with E-state index >= 15 is 0 Å². The van der Waals surface area contributed by atoms with Crippen molar-refractivity contribution in [3.05, 3.63) is 71.2 Å². The zero-order valence-corrected chi connectivity index (χ0v) is 19.0. The van der Waals surface area contributed by atoms with Gasteiger partial charge in [0.2, 0.25) is 5.91 Å². The second-order valence-corrected chi connectivity index (χ2v) is 8.98. The molecule has 3 aromatic rings. The molecular weight excluding hydrogens is 406 g/mol. The summed E-state index contributed by atoms with van der Waals surface area (Å²) in [5, 5.41) is 5.93. The van der Waals surface area contributed by atoms with Crippen LogP contribution in [-0.4, -0.2) is 12.0 Å². The third kappa shape index (κ3) is 4.29. The highest BCUT2D eigenvalue weighted by atomic mass is 35.5. The Labute approximate surface area is 189 Å². The van der Waals surface area contributed by atoms with Gasteiger partial charge in [0.15, 0.2) is 0 Å². The Morgan fingerprint density at radius 1 is 1.00 bits per heavy atom. The van der Waals surface area contributed by atoms with Gasteiger partial charge in [0.25, 0.3) is 0 Å². The zero-order chi connectivity index (χ0) is 21.8. The number of anilines is 1. The molecule has 0 aromatic heterocycles. The van der Waals surface area contributed by atoms with E-state index in [0.717, 1.165) is 66.3 Å². The molecule has 1 amide bonds. The van der Waals surface area contributed by atoms with Gasteiger partial charge in [-0.3, -0.25) is 4.79 Å². The van der Waals surface area contributed by atoms with Gasteiger partial charge in [0, 0.05) is 21.5 Å². The number of carbonyl (C=O) groups is 1. The quantitative estimate of drug-likeness (QED) is 0.435. The lowest BCUT2D eigenvalue weighted by Crippen LogP contribution is -2.42. The molecule has 0 aliphatic heterocycles. The molecule has 4 rings (SSSR count). The minimum absolute atomic E-state index is 0.0287. The lowest BCUT2D eigenvalue weighted by Gasteiger charge is -2.37. The van der Waals surface area contributed by atoms with Crippen LogP contribution in [-0.2, 0) is 10.2 Å². The summed E-state index contributed by atoms with van der Waals surface area (Å²) in [4.78, 5) is 13.8. The Hall–Kier alpha value is -2.52. The molecule has 4 heteroatoms. The van der Waals surface area contributed by atoms with Crippen molar-refractivity contribution >= 4 is 34.0 Å². The molecule has 1 aliphatic carbocycles. The number of carbonyl (C=O) groups excluding carboxylic acids is 1. The van der Waals surface area contributed by atoms with E-state index in [1.807, 2.05) is 60.7 Å². The molecule has 3 nitrogen and oxygen atoms in total. The Morgan fingerprint density at radius 3 is 2.39 bits per heavy atom. The summed E-state index contributed by atoms with van der Waals surface area (Å²) in [5.74, 6) is 0.877. The molecule has 1 fully saturated rings. The summed E-state index contributed by atoms with van der Waals surface area (Å²) >= 11 is 6.58. The van der Waals surface area contributed by atoms with Crippen LogP contribution >= 0.6 is 11.6 Å². The number of nitrogens with one attached hydrogen (secondary N) is 1. The van der Waals surface area contributed by atoms with E-state index in [0.29, 0.717) is 5.02 Å². The maximum absolute atomic E-state index is 13.8. The standard InChI is InChI=1S/C27H30ClNO2/c1-3-19(2)31-25-16-15-24(20-11-5-6-12-21(20)25)29-26(30)27(17-9-4-10-18-27)22-13-7-8-14-23(22)28/h5-8,11-16,19H,3-4,9-10,17-18H2,1-2H3,(H,29,30)/t19-/m1/s1. The van der Waals surface area contributed by atoms with Crippen LogP contribution in [0.1, 0.15) is 57.9 Å². The van der Waals surface area contributed by atoms with Gasteiger partial charge in [-0.1, -0.05) is 80.3 Å². The zero-order valence-electron chi connectivity index (χ0n) is 18.3. The summed E-state index contributed by atoms with van der Waals surface area (Å²) < 4.78 is 6.13. The smallest absolute Gasteiger partial charge is 0.235 e. The third-order valence-corrected chi connectivity index (χ3v) is 6.90. The van der Waals surface area contributed by atoms with Crippen molar-refractivity contribution < 1.29 is 9.53 Å². The minimum atomic E-state index is -0.594. The Kier molecular flexibility index (Phi) is 6.52. The van der Waals surface area contributed by atoms with E-state index in [-0.39, 0.29) is 12.0 Å².